The van der Waals surface area contributed by atoms with Crippen LogP contribution in [0.3, 0.4) is 0 Å². The Morgan fingerprint density at radius 2 is 2.18 bits per heavy atom. The SMILES string of the molecule is Cc1c(F)cc(Br)c(=O)n1C. The fourth-order valence-corrected chi connectivity index (χ4v) is 1.22. The van der Waals surface area contributed by atoms with E-state index in [1.807, 2.05) is 0 Å². The summed E-state index contributed by atoms with van der Waals surface area (Å²) in [5, 5.41) is 0. The fraction of sp³-hybridized carbons (Fsp3) is 0.286. The smallest absolute Gasteiger partial charge is 0.264 e. The molecule has 0 aliphatic rings. The molecule has 1 aromatic heterocycles. The number of nitrogens with zero attached hydrogens (tertiary/aromatic N) is 1. The van der Waals surface area contributed by atoms with Gasteiger partial charge in [0.1, 0.15) is 5.82 Å². The molecule has 4 heteroatoms. The van der Waals surface area contributed by atoms with Crippen LogP contribution in [0.4, 0.5) is 4.39 Å². The zero-order valence-electron chi connectivity index (χ0n) is 6.19. The highest BCUT2D eigenvalue weighted by Crippen LogP contribution is 2.08. The molecule has 1 heterocycles. The molecule has 0 amide bonds. The van der Waals surface area contributed by atoms with Crippen molar-refractivity contribution in [3.05, 3.63) is 32.4 Å². The minimum absolute atomic E-state index is 0.219. The van der Waals surface area contributed by atoms with Crippen LogP contribution in [0.1, 0.15) is 5.69 Å². The van der Waals surface area contributed by atoms with Crippen LogP contribution in [0.5, 0.6) is 0 Å². The zero-order chi connectivity index (χ0) is 8.59. The molecular formula is C7H7BrFNO. The van der Waals surface area contributed by atoms with Gasteiger partial charge in [0, 0.05) is 7.05 Å². The molecule has 0 N–H and O–H groups in total. The van der Waals surface area contributed by atoms with E-state index in [2.05, 4.69) is 15.9 Å². The maximum atomic E-state index is 12.8. The highest BCUT2D eigenvalue weighted by molar-refractivity contribution is 9.10. The van der Waals surface area contributed by atoms with E-state index in [4.69, 9.17) is 0 Å². The van der Waals surface area contributed by atoms with Gasteiger partial charge in [-0.25, -0.2) is 4.39 Å². The summed E-state index contributed by atoms with van der Waals surface area (Å²) in [5.41, 5.74) is 0.127. The first-order valence-electron chi connectivity index (χ1n) is 3.05. The lowest BCUT2D eigenvalue weighted by Gasteiger charge is -2.03. The number of rotatable bonds is 0. The highest BCUT2D eigenvalue weighted by atomic mass is 79.9. The van der Waals surface area contributed by atoms with E-state index < -0.39 is 0 Å². The molecule has 0 unspecified atom stereocenters. The Morgan fingerprint density at radius 1 is 1.64 bits per heavy atom. The van der Waals surface area contributed by atoms with E-state index in [1.165, 1.54) is 17.7 Å². The molecule has 1 rings (SSSR count). The Labute approximate surface area is 71.8 Å². The zero-order valence-corrected chi connectivity index (χ0v) is 7.77. The average molecular weight is 220 g/mol. The van der Waals surface area contributed by atoms with E-state index in [1.54, 1.807) is 6.92 Å². The molecule has 0 fully saturated rings. The van der Waals surface area contributed by atoms with Crippen LogP contribution < -0.4 is 5.56 Å². The monoisotopic (exact) mass is 219 g/mol. The molecule has 0 saturated heterocycles. The van der Waals surface area contributed by atoms with Gasteiger partial charge in [-0.05, 0) is 28.9 Å². The van der Waals surface area contributed by atoms with Crippen LogP contribution in [0.25, 0.3) is 0 Å². The molecule has 0 bridgehead atoms. The Bertz CT molecular complexity index is 345. The van der Waals surface area contributed by atoms with E-state index >= 15 is 0 Å². The van der Waals surface area contributed by atoms with Crippen LogP contribution >= 0.6 is 15.9 Å². The Hall–Kier alpha value is -0.640. The molecule has 1 aromatic rings. The van der Waals surface area contributed by atoms with Crippen molar-refractivity contribution in [3.8, 4) is 0 Å². The van der Waals surface area contributed by atoms with Crippen molar-refractivity contribution in [2.45, 2.75) is 6.92 Å². The lowest BCUT2D eigenvalue weighted by atomic mass is 10.3. The summed E-state index contributed by atoms with van der Waals surface area (Å²) in [6, 6.07) is 1.18. The summed E-state index contributed by atoms with van der Waals surface area (Å²) in [6.07, 6.45) is 0. The second-order valence-electron chi connectivity index (χ2n) is 2.29. The van der Waals surface area contributed by atoms with Crippen LogP contribution in [0, 0.1) is 12.7 Å². The van der Waals surface area contributed by atoms with Crippen molar-refractivity contribution in [2.24, 2.45) is 7.05 Å². The van der Waals surface area contributed by atoms with Crippen molar-refractivity contribution < 1.29 is 4.39 Å². The van der Waals surface area contributed by atoms with Crippen molar-refractivity contribution in [3.63, 3.8) is 0 Å². The average Bonchev–Trinajstić information content (AvgIpc) is 1.97. The molecule has 0 spiro atoms. The van der Waals surface area contributed by atoms with Gasteiger partial charge in [0.25, 0.3) is 5.56 Å². The van der Waals surface area contributed by atoms with Gasteiger partial charge < -0.3 is 4.57 Å². The van der Waals surface area contributed by atoms with E-state index in [0.29, 0.717) is 5.69 Å². The molecule has 11 heavy (non-hydrogen) atoms. The van der Waals surface area contributed by atoms with Gasteiger partial charge >= 0.3 is 0 Å². The minimum atomic E-state index is -0.376. The fourth-order valence-electron chi connectivity index (χ4n) is 0.750. The minimum Gasteiger partial charge on any atom is -0.312 e. The predicted molar refractivity (Wildman–Crippen MR) is 44.1 cm³/mol. The number of pyridine rings is 1. The largest absolute Gasteiger partial charge is 0.312 e. The summed E-state index contributed by atoms with van der Waals surface area (Å²) < 4.78 is 14.3. The number of hydrogen-bond acceptors (Lipinski definition) is 1. The van der Waals surface area contributed by atoms with E-state index in [0.717, 1.165) is 0 Å². The Morgan fingerprint density at radius 3 is 2.73 bits per heavy atom. The molecule has 60 valence electrons. The van der Waals surface area contributed by atoms with Crippen LogP contribution in [0.15, 0.2) is 15.3 Å². The summed E-state index contributed by atoms with van der Waals surface area (Å²) in [7, 11) is 1.53. The van der Waals surface area contributed by atoms with Crippen LogP contribution in [-0.2, 0) is 7.05 Å². The quantitative estimate of drug-likeness (QED) is 0.650. The van der Waals surface area contributed by atoms with E-state index in [9.17, 15) is 9.18 Å². The second kappa shape index (κ2) is 2.77. The lowest BCUT2D eigenvalue weighted by Crippen LogP contribution is -2.20. The molecule has 0 atom stereocenters. The summed E-state index contributed by atoms with van der Waals surface area (Å²) in [5.74, 6) is -0.376. The third-order valence-corrected chi connectivity index (χ3v) is 2.18. The first-order valence-corrected chi connectivity index (χ1v) is 3.85. The third-order valence-electron chi connectivity index (χ3n) is 1.61. The lowest BCUT2D eigenvalue weighted by molar-refractivity contribution is 0.586. The highest BCUT2D eigenvalue weighted by Gasteiger charge is 2.05. The van der Waals surface area contributed by atoms with Crippen molar-refractivity contribution in [1.82, 2.24) is 4.57 Å². The summed E-state index contributed by atoms with van der Waals surface area (Å²) in [6.45, 7) is 1.56. The summed E-state index contributed by atoms with van der Waals surface area (Å²) in [4.78, 5) is 11.1. The maximum Gasteiger partial charge on any atom is 0.264 e. The van der Waals surface area contributed by atoms with Gasteiger partial charge in [-0.1, -0.05) is 0 Å². The number of hydrogen-bond donors (Lipinski definition) is 0. The number of aromatic nitrogens is 1. The Kier molecular flexibility index (Phi) is 2.13. The second-order valence-corrected chi connectivity index (χ2v) is 3.14. The molecule has 2 nitrogen and oxygen atoms in total. The normalized spacial score (nSPS) is 10.2. The standard InChI is InChI=1S/C7H7BrFNO/c1-4-6(9)3-5(8)7(11)10(4)2/h3H,1-2H3. The van der Waals surface area contributed by atoms with Gasteiger partial charge in [-0.2, -0.15) is 0 Å². The third kappa shape index (κ3) is 1.35. The van der Waals surface area contributed by atoms with Crippen molar-refractivity contribution in [1.29, 1.82) is 0 Å². The topological polar surface area (TPSA) is 22.0 Å². The van der Waals surface area contributed by atoms with Crippen LogP contribution in [-0.4, -0.2) is 4.57 Å². The Balaban J connectivity index is 3.59. The van der Waals surface area contributed by atoms with Gasteiger partial charge in [0.15, 0.2) is 0 Å². The molecule has 0 aromatic carbocycles. The predicted octanol–water partition coefficient (Wildman–Crippen LogP) is 1.60. The molecule has 0 radical (unpaired) electrons. The van der Waals surface area contributed by atoms with E-state index in [-0.39, 0.29) is 15.8 Å². The van der Waals surface area contributed by atoms with Gasteiger partial charge in [0.2, 0.25) is 0 Å². The molecular weight excluding hydrogens is 213 g/mol. The first-order chi connectivity index (χ1) is 5.04. The number of halogens is 2. The molecule has 0 aliphatic carbocycles. The van der Waals surface area contributed by atoms with Crippen molar-refractivity contribution in [2.75, 3.05) is 0 Å². The van der Waals surface area contributed by atoms with Gasteiger partial charge in [-0.3, -0.25) is 4.79 Å². The maximum absolute atomic E-state index is 12.8. The molecule has 0 saturated carbocycles. The van der Waals surface area contributed by atoms with Gasteiger partial charge in [0.05, 0.1) is 10.2 Å². The first kappa shape index (κ1) is 8.46. The molecule has 0 aliphatic heterocycles. The summed E-state index contributed by atoms with van der Waals surface area (Å²) >= 11 is 2.96. The van der Waals surface area contributed by atoms with Crippen molar-refractivity contribution >= 4 is 15.9 Å². The van der Waals surface area contributed by atoms with Crippen LogP contribution in [0.2, 0.25) is 0 Å². The van der Waals surface area contributed by atoms with Gasteiger partial charge in [-0.15, -0.1) is 0 Å².